The van der Waals surface area contributed by atoms with E-state index in [1.165, 1.54) is 12.1 Å². The minimum absolute atomic E-state index is 0.0274. The molecule has 0 saturated heterocycles. The Morgan fingerprint density at radius 2 is 2.10 bits per heavy atom. The fraction of sp³-hybridized carbons (Fsp3) is 0.273. The molecule has 1 amide bonds. The second-order valence-electron chi connectivity index (χ2n) is 4.18. The van der Waals surface area contributed by atoms with Crippen LogP contribution in [0.25, 0.3) is 0 Å². The van der Waals surface area contributed by atoms with Gasteiger partial charge in [0, 0.05) is 16.6 Å². The predicted molar refractivity (Wildman–Crippen MR) is 71.4 cm³/mol. The summed E-state index contributed by atoms with van der Waals surface area (Å²) in [4.78, 5) is 32.5. The first kappa shape index (κ1) is 16.1. The van der Waals surface area contributed by atoms with Gasteiger partial charge in [-0.2, -0.15) is 0 Å². The standard InChI is InChI=1S/C11H11BrN2O6/c1-11(18,10(16)17)5-13-9(15)7-4-6(14(19)20)2-3-8(7)12/h2-4,18H,5H2,1H3,(H,13,15)(H,16,17). The first-order chi connectivity index (χ1) is 9.15. The summed E-state index contributed by atoms with van der Waals surface area (Å²) in [5.41, 5.74) is -2.42. The van der Waals surface area contributed by atoms with Crippen LogP contribution in [0.5, 0.6) is 0 Å². The molecule has 1 aromatic carbocycles. The molecule has 1 rings (SSSR count). The Kier molecular flexibility index (Phi) is 4.79. The summed E-state index contributed by atoms with van der Waals surface area (Å²) in [5.74, 6) is -2.22. The van der Waals surface area contributed by atoms with E-state index < -0.39 is 28.9 Å². The van der Waals surface area contributed by atoms with Crippen LogP contribution in [0.4, 0.5) is 5.69 Å². The van der Waals surface area contributed by atoms with E-state index in [1.54, 1.807) is 0 Å². The van der Waals surface area contributed by atoms with Gasteiger partial charge < -0.3 is 15.5 Å². The third-order valence-corrected chi connectivity index (χ3v) is 3.15. The molecule has 0 radical (unpaired) electrons. The van der Waals surface area contributed by atoms with E-state index in [-0.39, 0.29) is 11.3 Å². The van der Waals surface area contributed by atoms with Crippen LogP contribution in [-0.4, -0.2) is 39.2 Å². The van der Waals surface area contributed by atoms with Gasteiger partial charge in [0.1, 0.15) is 0 Å². The Morgan fingerprint density at radius 3 is 2.60 bits per heavy atom. The lowest BCUT2D eigenvalue weighted by Crippen LogP contribution is -2.46. The first-order valence-corrected chi connectivity index (χ1v) is 6.12. The van der Waals surface area contributed by atoms with Crippen LogP contribution in [0.3, 0.4) is 0 Å². The maximum Gasteiger partial charge on any atom is 0.337 e. The van der Waals surface area contributed by atoms with Gasteiger partial charge in [0.25, 0.3) is 11.6 Å². The van der Waals surface area contributed by atoms with Gasteiger partial charge in [-0.1, -0.05) is 0 Å². The average Bonchev–Trinajstić information content (AvgIpc) is 2.36. The predicted octanol–water partition coefficient (Wildman–Crippen LogP) is 0.923. The Labute approximate surface area is 121 Å². The Morgan fingerprint density at radius 1 is 1.50 bits per heavy atom. The van der Waals surface area contributed by atoms with Crippen molar-refractivity contribution in [2.75, 3.05) is 6.54 Å². The van der Waals surface area contributed by atoms with Crippen LogP contribution in [0.1, 0.15) is 17.3 Å². The maximum atomic E-state index is 11.8. The molecule has 0 aliphatic carbocycles. The number of aliphatic hydroxyl groups is 1. The lowest BCUT2D eigenvalue weighted by Gasteiger charge is -2.18. The summed E-state index contributed by atoms with van der Waals surface area (Å²) in [6, 6.07) is 3.60. The lowest BCUT2D eigenvalue weighted by atomic mass is 10.1. The van der Waals surface area contributed by atoms with Crippen LogP contribution in [0.2, 0.25) is 0 Å². The zero-order valence-electron chi connectivity index (χ0n) is 10.3. The van der Waals surface area contributed by atoms with Crippen molar-refractivity contribution in [2.24, 2.45) is 0 Å². The molecule has 0 bridgehead atoms. The van der Waals surface area contributed by atoms with Crippen molar-refractivity contribution in [3.63, 3.8) is 0 Å². The van der Waals surface area contributed by atoms with Crippen molar-refractivity contribution in [3.05, 3.63) is 38.3 Å². The number of carboxylic acid groups (broad SMARTS) is 1. The number of hydrogen-bond acceptors (Lipinski definition) is 5. The van der Waals surface area contributed by atoms with Gasteiger partial charge in [0.05, 0.1) is 17.0 Å². The van der Waals surface area contributed by atoms with E-state index in [9.17, 15) is 24.8 Å². The second kappa shape index (κ2) is 5.97. The van der Waals surface area contributed by atoms with Gasteiger partial charge in [-0.05, 0) is 28.9 Å². The third kappa shape index (κ3) is 3.75. The van der Waals surface area contributed by atoms with E-state index in [2.05, 4.69) is 21.2 Å². The van der Waals surface area contributed by atoms with Crippen LogP contribution < -0.4 is 5.32 Å². The molecule has 1 unspecified atom stereocenters. The first-order valence-electron chi connectivity index (χ1n) is 5.33. The molecule has 8 nitrogen and oxygen atoms in total. The summed E-state index contributed by atoms with van der Waals surface area (Å²) in [5, 5.41) is 31.0. The normalized spacial score (nSPS) is 13.3. The van der Waals surface area contributed by atoms with Crippen LogP contribution >= 0.6 is 15.9 Å². The number of hydrogen-bond donors (Lipinski definition) is 3. The number of carboxylic acids is 1. The van der Waals surface area contributed by atoms with Crippen molar-refractivity contribution < 1.29 is 24.7 Å². The number of carbonyl (C=O) groups excluding carboxylic acids is 1. The van der Waals surface area contributed by atoms with Crippen molar-refractivity contribution in [3.8, 4) is 0 Å². The number of rotatable bonds is 5. The molecule has 0 heterocycles. The number of halogens is 1. The van der Waals surface area contributed by atoms with Gasteiger partial charge in [-0.15, -0.1) is 0 Å². The maximum absolute atomic E-state index is 11.8. The summed E-state index contributed by atoms with van der Waals surface area (Å²) in [6.07, 6.45) is 0. The van der Waals surface area contributed by atoms with E-state index in [1.807, 2.05) is 0 Å². The Bertz CT molecular complexity index is 572. The zero-order chi connectivity index (χ0) is 15.5. The SMILES string of the molecule is CC(O)(CNC(=O)c1cc([N+](=O)[O-])ccc1Br)C(=O)O. The number of nitrogens with one attached hydrogen (secondary N) is 1. The number of aliphatic carboxylic acids is 1. The van der Waals surface area contributed by atoms with E-state index in [4.69, 9.17) is 5.11 Å². The molecule has 0 saturated carbocycles. The molecule has 20 heavy (non-hydrogen) atoms. The molecule has 9 heteroatoms. The molecule has 1 aromatic rings. The van der Waals surface area contributed by atoms with Crippen molar-refractivity contribution in [2.45, 2.75) is 12.5 Å². The smallest absolute Gasteiger partial charge is 0.337 e. The average molecular weight is 347 g/mol. The molecule has 108 valence electrons. The molecule has 0 aliphatic heterocycles. The number of amides is 1. The molecular formula is C11H11BrN2O6. The van der Waals surface area contributed by atoms with Crippen LogP contribution in [0.15, 0.2) is 22.7 Å². The number of carbonyl (C=O) groups is 2. The fourth-order valence-corrected chi connectivity index (χ4v) is 1.65. The summed E-state index contributed by atoms with van der Waals surface area (Å²) in [6.45, 7) is 0.494. The fourth-order valence-electron chi connectivity index (χ4n) is 1.22. The summed E-state index contributed by atoms with van der Waals surface area (Å²) < 4.78 is 0.315. The highest BCUT2D eigenvalue weighted by Gasteiger charge is 2.30. The molecule has 3 N–H and O–H groups in total. The van der Waals surface area contributed by atoms with Gasteiger partial charge in [-0.25, -0.2) is 4.79 Å². The van der Waals surface area contributed by atoms with Gasteiger partial charge >= 0.3 is 5.97 Å². The number of benzene rings is 1. The molecule has 1 atom stereocenters. The Hall–Kier alpha value is -2.00. The quantitative estimate of drug-likeness (QED) is 0.536. The van der Waals surface area contributed by atoms with Gasteiger partial charge in [0.2, 0.25) is 0 Å². The molecule has 0 spiro atoms. The number of nitro groups is 1. The topological polar surface area (TPSA) is 130 Å². The summed E-state index contributed by atoms with van der Waals surface area (Å²) >= 11 is 3.07. The minimum atomic E-state index is -2.12. The highest BCUT2D eigenvalue weighted by molar-refractivity contribution is 9.10. The van der Waals surface area contributed by atoms with E-state index in [0.29, 0.717) is 4.47 Å². The third-order valence-electron chi connectivity index (χ3n) is 2.46. The number of non-ortho nitro benzene ring substituents is 1. The van der Waals surface area contributed by atoms with E-state index in [0.717, 1.165) is 13.0 Å². The number of nitro benzene ring substituents is 1. The van der Waals surface area contributed by atoms with Crippen LogP contribution in [-0.2, 0) is 4.79 Å². The Balaban J connectivity index is 2.90. The molecule has 0 aliphatic rings. The van der Waals surface area contributed by atoms with Gasteiger partial charge in [0.15, 0.2) is 5.60 Å². The molecule has 0 aromatic heterocycles. The second-order valence-corrected chi connectivity index (χ2v) is 5.04. The van der Waals surface area contributed by atoms with Crippen molar-refractivity contribution in [1.29, 1.82) is 0 Å². The monoisotopic (exact) mass is 346 g/mol. The molecular weight excluding hydrogens is 336 g/mol. The summed E-state index contributed by atoms with van der Waals surface area (Å²) in [7, 11) is 0. The van der Waals surface area contributed by atoms with Crippen molar-refractivity contribution in [1.82, 2.24) is 5.32 Å². The highest BCUT2D eigenvalue weighted by Crippen LogP contribution is 2.22. The minimum Gasteiger partial charge on any atom is -0.479 e. The van der Waals surface area contributed by atoms with Crippen molar-refractivity contribution >= 4 is 33.5 Å². The number of nitrogens with zero attached hydrogens (tertiary/aromatic N) is 1. The molecule has 0 fully saturated rings. The lowest BCUT2D eigenvalue weighted by molar-refractivity contribution is -0.384. The highest BCUT2D eigenvalue weighted by atomic mass is 79.9. The largest absolute Gasteiger partial charge is 0.479 e. The van der Waals surface area contributed by atoms with Gasteiger partial charge in [-0.3, -0.25) is 14.9 Å². The zero-order valence-corrected chi connectivity index (χ0v) is 11.9. The van der Waals surface area contributed by atoms with E-state index >= 15 is 0 Å². The van der Waals surface area contributed by atoms with Crippen LogP contribution in [0, 0.1) is 10.1 Å².